The number of hydrogen-bond acceptors (Lipinski definition) is 3. The van der Waals surface area contributed by atoms with E-state index in [0.717, 1.165) is 39.1 Å². The van der Waals surface area contributed by atoms with E-state index in [2.05, 4.69) is 70.5 Å². The van der Waals surface area contributed by atoms with Crippen LogP contribution < -0.4 is 0 Å². The second kappa shape index (κ2) is 8.25. The van der Waals surface area contributed by atoms with Crippen LogP contribution in [0.4, 0.5) is 0 Å². The van der Waals surface area contributed by atoms with Crippen LogP contribution in [0.5, 0.6) is 0 Å². The van der Waals surface area contributed by atoms with Crippen LogP contribution in [0.2, 0.25) is 0 Å². The molecule has 0 bridgehead atoms. The molecule has 0 atom stereocenters. The van der Waals surface area contributed by atoms with Crippen molar-refractivity contribution in [3.05, 3.63) is 71.8 Å². The molecule has 23 heavy (non-hydrogen) atoms. The molecule has 1 N–H and O–H groups in total. The minimum absolute atomic E-state index is 0.289. The van der Waals surface area contributed by atoms with Gasteiger partial charge in [0.1, 0.15) is 0 Å². The fourth-order valence-electron chi connectivity index (χ4n) is 3.42. The van der Waals surface area contributed by atoms with Crippen molar-refractivity contribution in [2.24, 2.45) is 0 Å². The fourth-order valence-corrected chi connectivity index (χ4v) is 3.42. The average Bonchev–Trinajstić information content (AvgIpc) is 2.63. The lowest BCUT2D eigenvalue weighted by Crippen LogP contribution is -2.48. The van der Waals surface area contributed by atoms with Crippen LogP contribution in [0.25, 0.3) is 0 Å². The zero-order chi connectivity index (χ0) is 15.9. The maximum absolute atomic E-state index is 9.00. The lowest BCUT2D eigenvalue weighted by molar-refractivity contribution is 0.104. The van der Waals surface area contributed by atoms with Crippen LogP contribution in [0.15, 0.2) is 60.7 Å². The van der Waals surface area contributed by atoms with Gasteiger partial charge in [-0.25, -0.2) is 0 Å². The van der Waals surface area contributed by atoms with Gasteiger partial charge in [-0.3, -0.25) is 4.90 Å². The monoisotopic (exact) mass is 310 g/mol. The predicted molar refractivity (Wildman–Crippen MR) is 94.4 cm³/mol. The number of piperazine rings is 1. The van der Waals surface area contributed by atoms with Gasteiger partial charge in [-0.15, -0.1) is 0 Å². The number of nitrogens with zero attached hydrogens (tertiary/aromatic N) is 2. The molecule has 0 aromatic heterocycles. The Morgan fingerprint density at radius 3 is 1.78 bits per heavy atom. The predicted octanol–water partition coefficient (Wildman–Crippen LogP) is 2.78. The van der Waals surface area contributed by atoms with Crippen molar-refractivity contribution >= 4 is 0 Å². The van der Waals surface area contributed by atoms with Gasteiger partial charge in [-0.2, -0.15) is 0 Å². The van der Waals surface area contributed by atoms with Crippen molar-refractivity contribution < 1.29 is 5.11 Å². The Bertz CT molecular complexity index is 525. The molecule has 2 aromatic carbocycles. The third-order valence-corrected chi connectivity index (χ3v) is 4.64. The highest BCUT2D eigenvalue weighted by molar-refractivity contribution is 5.31. The van der Waals surface area contributed by atoms with Crippen LogP contribution in [0.1, 0.15) is 23.6 Å². The molecule has 0 saturated carbocycles. The Morgan fingerprint density at radius 1 is 0.783 bits per heavy atom. The average molecular weight is 310 g/mol. The van der Waals surface area contributed by atoms with E-state index in [1.54, 1.807) is 0 Å². The lowest BCUT2D eigenvalue weighted by atomic mass is 9.96. The molecule has 2 aromatic rings. The van der Waals surface area contributed by atoms with Crippen molar-refractivity contribution in [1.82, 2.24) is 9.80 Å². The molecule has 0 radical (unpaired) electrons. The topological polar surface area (TPSA) is 26.7 Å². The van der Waals surface area contributed by atoms with E-state index < -0.39 is 0 Å². The summed E-state index contributed by atoms with van der Waals surface area (Å²) in [4.78, 5) is 5.04. The third-order valence-electron chi connectivity index (χ3n) is 4.64. The summed E-state index contributed by atoms with van der Waals surface area (Å²) in [5, 5.41) is 9.00. The molecule has 0 amide bonds. The first-order valence-corrected chi connectivity index (χ1v) is 8.55. The highest BCUT2D eigenvalue weighted by atomic mass is 16.3. The van der Waals surface area contributed by atoms with E-state index >= 15 is 0 Å². The summed E-state index contributed by atoms with van der Waals surface area (Å²) in [5.74, 6) is 0. The molecular formula is C20H26N2O. The van der Waals surface area contributed by atoms with Gasteiger partial charge in [-0.05, 0) is 17.5 Å². The van der Waals surface area contributed by atoms with Crippen molar-refractivity contribution in [2.45, 2.75) is 12.5 Å². The molecule has 1 heterocycles. The highest BCUT2D eigenvalue weighted by Crippen LogP contribution is 2.29. The summed E-state index contributed by atoms with van der Waals surface area (Å²) in [7, 11) is 0. The van der Waals surface area contributed by atoms with E-state index in [1.807, 2.05) is 0 Å². The Hall–Kier alpha value is -1.68. The largest absolute Gasteiger partial charge is 0.396 e. The molecule has 3 heteroatoms. The van der Waals surface area contributed by atoms with E-state index in [4.69, 9.17) is 5.11 Å². The Kier molecular flexibility index (Phi) is 5.81. The highest BCUT2D eigenvalue weighted by Gasteiger charge is 2.25. The van der Waals surface area contributed by atoms with Gasteiger partial charge in [0.25, 0.3) is 0 Å². The minimum atomic E-state index is 0.289. The molecule has 3 rings (SSSR count). The molecular weight excluding hydrogens is 284 g/mol. The van der Waals surface area contributed by atoms with Gasteiger partial charge in [0.05, 0.1) is 6.04 Å². The van der Waals surface area contributed by atoms with Crippen LogP contribution in [0, 0.1) is 0 Å². The first kappa shape index (κ1) is 16.2. The summed E-state index contributed by atoms with van der Waals surface area (Å²) < 4.78 is 0. The van der Waals surface area contributed by atoms with Gasteiger partial charge in [0.15, 0.2) is 0 Å². The lowest BCUT2D eigenvalue weighted by Gasteiger charge is -2.39. The zero-order valence-corrected chi connectivity index (χ0v) is 13.6. The normalized spacial score (nSPS) is 16.8. The van der Waals surface area contributed by atoms with Crippen LogP contribution >= 0.6 is 0 Å². The number of rotatable bonds is 6. The molecule has 0 unspecified atom stereocenters. The number of aliphatic hydroxyl groups excluding tert-OH is 1. The number of benzene rings is 2. The van der Waals surface area contributed by atoms with Gasteiger partial charge >= 0.3 is 0 Å². The Labute approximate surface area is 139 Å². The third kappa shape index (κ3) is 4.20. The van der Waals surface area contributed by atoms with Crippen LogP contribution in [0.3, 0.4) is 0 Å². The summed E-state index contributed by atoms with van der Waals surface area (Å²) in [6, 6.07) is 21.9. The minimum Gasteiger partial charge on any atom is -0.396 e. The van der Waals surface area contributed by atoms with Gasteiger partial charge in [-0.1, -0.05) is 60.7 Å². The molecule has 3 nitrogen and oxygen atoms in total. The van der Waals surface area contributed by atoms with E-state index in [1.165, 1.54) is 11.1 Å². The molecule has 1 saturated heterocycles. The Balaban J connectivity index is 1.75. The van der Waals surface area contributed by atoms with Crippen molar-refractivity contribution in [1.29, 1.82) is 0 Å². The SMILES string of the molecule is OCCCN1CCN(C(c2ccccc2)c2ccccc2)CC1. The van der Waals surface area contributed by atoms with Crippen LogP contribution in [-0.4, -0.2) is 54.2 Å². The molecule has 1 fully saturated rings. The van der Waals surface area contributed by atoms with Gasteiger partial charge in [0.2, 0.25) is 0 Å². The summed E-state index contributed by atoms with van der Waals surface area (Å²) in [6.45, 7) is 5.59. The van der Waals surface area contributed by atoms with Gasteiger partial charge in [0, 0.05) is 39.3 Å². The maximum Gasteiger partial charge on any atom is 0.0602 e. The fraction of sp³-hybridized carbons (Fsp3) is 0.400. The summed E-state index contributed by atoms with van der Waals surface area (Å²) in [6.07, 6.45) is 0.876. The van der Waals surface area contributed by atoms with E-state index in [-0.39, 0.29) is 6.61 Å². The van der Waals surface area contributed by atoms with Crippen molar-refractivity contribution in [3.63, 3.8) is 0 Å². The summed E-state index contributed by atoms with van der Waals surface area (Å²) in [5.41, 5.74) is 2.73. The van der Waals surface area contributed by atoms with Crippen LogP contribution in [-0.2, 0) is 0 Å². The molecule has 0 aliphatic carbocycles. The standard InChI is InChI=1S/C20H26N2O/c23-17-7-12-21-13-15-22(16-14-21)20(18-8-3-1-4-9-18)19-10-5-2-6-11-19/h1-6,8-11,20,23H,7,12-17H2. The maximum atomic E-state index is 9.00. The molecule has 122 valence electrons. The second-order valence-corrected chi connectivity index (χ2v) is 6.18. The van der Waals surface area contributed by atoms with Crippen molar-refractivity contribution in [3.8, 4) is 0 Å². The van der Waals surface area contributed by atoms with Crippen molar-refractivity contribution in [2.75, 3.05) is 39.3 Å². The van der Waals surface area contributed by atoms with Gasteiger partial charge < -0.3 is 10.0 Å². The molecule has 0 spiro atoms. The quantitative estimate of drug-likeness (QED) is 0.889. The first-order chi connectivity index (χ1) is 11.4. The number of hydrogen-bond donors (Lipinski definition) is 1. The number of aliphatic hydroxyl groups is 1. The second-order valence-electron chi connectivity index (χ2n) is 6.18. The first-order valence-electron chi connectivity index (χ1n) is 8.55. The van der Waals surface area contributed by atoms with E-state index in [0.29, 0.717) is 6.04 Å². The zero-order valence-electron chi connectivity index (χ0n) is 13.6. The van der Waals surface area contributed by atoms with E-state index in [9.17, 15) is 0 Å². The summed E-state index contributed by atoms with van der Waals surface area (Å²) >= 11 is 0. The molecule has 1 aliphatic heterocycles. The smallest absolute Gasteiger partial charge is 0.0602 e. The molecule has 1 aliphatic rings. The Morgan fingerprint density at radius 2 is 1.30 bits per heavy atom.